The molecule has 2 aromatic rings. The van der Waals surface area contributed by atoms with E-state index in [1.807, 2.05) is 25.1 Å². The Balaban J connectivity index is 2.23. The molecule has 86 valence electrons. The summed E-state index contributed by atoms with van der Waals surface area (Å²) in [6.45, 7) is 3.27. The van der Waals surface area contributed by atoms with Gasteiger partial charge in [-0.3, -0.25) is 0 Å². The molecule has 0 aliphatic carbocycles. The van der Waals surface area contributed by atoms with Crippen LogP contribution in [-0.2, 0) is 6.42 Å². The van der Waals surface area contributed by atoms with Crippen LogP contribution in [0.25, 0.3) is 11.1 Å². The fourth-order valence-corrected chi connectivity index (χ4v) is 1.57. The highest BCUT2D eigenvalue weighted by Crippen LogP contribution is 2.21. The smallest absolute Gasteiger partial charge is 0.195 e. The predicted octanol–water partition coefficient (Wildman–Crippen LogP) is 2.12. The molecule has 16 heavy (non-hydrogen) atoms. The Morgan fingerprint density at radius 3 is 3.06 bits per heavy atom. The molecular weight excluding hydrogens is 204 g/mol. The van der Waals surface area contributed by atoms with E-state index in [1.165, 1.54) is 0 Å². The first-order chi connectivity index (χ1) is 7.83. The van der Waals surface area contributed by atoms with Gasteiger partial charge in [-0.25, -0.2) is 4.98 Å². The fourth-order valence-electron chi connectivity index (χ4n) is 1.57. The lowest BCUT2D eigenvalue weighted by atomic mass is 10.3. The van der Waals surface area contributed by atoms with Crippen molar-refractivity contribution in [2.45, 2.75) is 19.8 Å². The summed E-state index contributed by atoms with van der Waals surface area (Å²) in [6.07, 6.45) is 1.68. The molecule has 0 unspecified atom stereocenters. The molecule has 4 nitrogen and oxygen atoms in total. The molecule has 1 aromatic carbocycles. The van der Waals surface area contributed by atoms with E-state index in [9.17, 15) is 0 Å². The number of benzene rings is 1. The number of hydrogen-bond donors (Lipinski definition) is 1. The lowest BCUT2D eigenvalue weighted by Crippen LogP contribution is -2.00. The first-order valence-electron chi connectivity index (χ1n) is 5.56. The minimum absolute atomic E-state index is 0.656. The molecule has 0 aliphatic rings. The van der Waals surface area contributed by atoms with Crippen LogP contribution in [-0.4, -0.2) is 18.1 Å². The number of nitrogens with zero attached hydrogens (tertiary/aromatic N) is 1. The molecule has 1 heterocycles. The van der Waals surface area contributed by atoms with Gasteiger partial charge in [0.15, 0.2) is 11.5 Å². The number of ether oxygens (including phenoxy) is 1. The summed E-state index contributed by atoms with van der Waals surface area (Å²) < 4.78 is 11.0. The molecular formula is C12H16N2O2. The third kappa shape index (κ3) is 2.33. The zero-order chi connectivity index (χ0) is 11.4. The summed E-state index contributed by atoms with van der Waals surface area (Å²) in [4.78, 5) is 4.39. The van der Waals surface area contributed by atoms with Gasteiger partial charge in [0.2, 0.25) is 0 Å². The standard InChI is InChI=1S/C12H16N2O2/c1-2-15-9-5-6-11-10(8-9)14-12(16-11)4-3-7-13/h5-6,8H,2-4,7,13H2,1H3. The van der Waals surface area contributed by atoms with Crippen molar-refractivity contribution in [2.75, 3.05) is 13.2 Å². The summed E-state index contributed by atoms with van der Waals surface area (Å²) >= 11 is 0. The van der Waals surface area contributed by atoms with Gasteiger partial charge < -0.3 is 14.9 Å². The molecule has 2 N–H and O–H groups in total. The van der Waals surface area contributed by atoms with Crippen molar-refractivity contribution >= 4 is 11.1 Å². The van der Waals surface area contributed by atoms with E-state index in [0.29, 0.717) is 13.2 Å². The molecule has 0 bridgehead atoms. The Labute approximate surface area is 94.4 Å². The molecule has 0 radical (unpaired) electrons. The van der Waals surface area contributed by atoms with E-state index in [-0.39, 0.29) is 0 Å². The summed E-state index contributed by atoms with van der Waals surface area (Å²) in [6, 6.07) is 5.68. The van der Waals surface area contributed by atoms with Crippen molar-refractivity contribution in [1.29, 1.82) is 0 Å². The largest absolute Gasteiger partial charge is 0.494 e. The van der Waals surface area contributed by atoms with Gasteiger partial charge in [-0.15, -0.1) is 0 Å². The number of oxazole rings is 1. The number of hydrogen-bond acceptors (Lipinski definition) is 4. The zero-order valence-corrected chi connectivity index (χ0v) is 9.40. The minimum Gasteiger partial charge on any atom is -0.494 e. The van der Waals surface area contributed by atoms with E-state index in [2.05, 4.69) is 4.98 Å². The van der Waals surface area contributed by atoms with Crippen molar-refractivity contribution in [2.24, 2.45) is 5.73 Å². The number of nitrogens with two attached hydrogens (primary N) is 1. The van der Waals surface area contributed by atoms with Gasteiger partial charge in [0, 0.05) is 12.5 Å². The van der Waals surface area contributed by atoms with Gasteiger partial charge >= 0.3 is 0 Å². The van der Waals surface area contributed by atoms with Crippen molar-refractivity contribution < 1.29 is 9.15 Å². The van der Waals surface area contributed by atoms with E-state index in [1.54, 1.807) is 0 Å². The monoisotopic (exact) mass is 220 g/mol. The van der Waals surface area contributed by atoms with Crippen LogP contribution >= 0.6 is 0 Å². The van der Waals surface area contributed by atoms with Gasteiger partial charge in [-0.05, 0) is 32.0 Å². The quantitative estimate of drug-likeness (QED) is 0.838. The molecule has 0 amide bonds. The van der Waals surface area contributed by atoms with Gasteiger partial charge in [0.05, 0.1) is 6.61 Å². The average Bonchev–Trinajstić information content (AvgIpc) is 2.68. The molecule has 0 aliphatic heterocycles. The van der Waals surface area contributed by atoms with E-state index >= 15 is 0 Å². The number of rotatable bonds is 5. The number of aromatic nitrogens is 1. The molecule has 0 saturated carbocycles. The second kappa shape index (κ2) is 4.99. The Hall–Kier alpha value is -1.55. The van der Waals surface area contributed by atoms with Crippen LogP contribution in [0.2, 0.25) is 0 Å². The predicted molar refractivity (Wildman–Crippen MR) is 62.6 cm³/mol. The second-order valence-corrected chi connectivity index (χ2v) is 3.56. The summed E-state index contributed by atoms with van der Waals surface area (Å²) in [5, 5.41) is 0. The molecule has 0 spiro atoms. The Morgan fingerprint density at radius 1 is 1.44 bits per heavy atom. The maximum Gasteiger partial charge on any atom is 0.195 e. The SMILES string of the molecule is CCOc1ccc2oc(CCCN)nc2c1. The van der Waals surface area contributed by atoms with Gasteiger partial charge in [0.1, 0.15) is 11.3 Å². The fraction of sp³-hybridized carbons (Fsp3) is 0.417. The minimum atomic E-state index is 0.656. The molecule has 4 heteroatoms. The van der Waals surface area contributed by atoms with E-state index in [4.69, 9.17) is 14.9 Å². The summed E-state index contributed by atoms with van der Waals surface area (Å²) in [5.41, 5.74) is 7.09. The van der Waals surface area contributed by atoms with Gasteiger partial charge in [-0.2, -0.15) is 0 Å². The highest BCUT2D eigenvalue weighted by Gasteiger charge is 2.06. The van der Waals surface area contributed by atoms with Gasteiger partial charge in [-0.1, -0.05) is 0 Å². The van der Waals surface area contributed by atoms with Gasteiger partial charge in [0.25, 0.3) is 0 Å². The van der Waals surface area contributed by atoms with Crippen molar-refractivity contribution in [3.05, 3.63) is 24.1 Å². The molecule has 0 saturated heterocycles. The van der Waals surface area contributed by atoms with Crippen molar-refractivity contribution in [3.63, 3.8) is 0 Å². The Morgan fingerprint density at radius 2 is 2.31 bits per heavy atom. The summed E-state index contributed by atoms with van der Waals surface area (Å²) in [7, 11) is 0. The van der Waals surface area contributed by atoms with Crippen molar-refractivity contribution in [1.82, 2.24) is 4.98 Å². The normalized spacial score (nSPS) is 10.9. The zero-order valence-electron chi connectivity index (χ0n) is 9.40. The number of fused-ring (bicyclic) bond motifs is 1. The third-order valence-corrected chi connectivity index (χ3v) is 2.31. The second-order valence-electron chi connectivity index (χ2n) is 3.56. The Kier molecular flexibility index (Phi) is 3.41. The third-order valence-electron chi connectivity index (χ3n) is 2.31. The highest BCUT2D eigenvalue weighted by molar-refractivity contribution is 5.74. The molecule has 0 atom stereocenters. The van der Waals surface area contributed by atoms with Crippen LogP contribution in [0.3, 0.4) is 0 Å². The van der Waals surface area contributed by atoms with E-state index < -0.39 is 0 Å². The lowest BCUT2D eigenvalue weighted by molar-refractivity contribution is 0.340. The van der Waals surface area contributed by atoms with Crippen molar-refractivity contribution in [3.8, 4) is 5.75 Å². The topological polar surface area (TPSA) is 61.3 Å². The Bertz CT molecular complexity index is 465. The highest BCUT2D eigenvalue weighted by atomic mass is 16.5. The number of aryl methyl sites for hydroxylation is 1. The first kappa shape index (κ1) is 11.0. The van der Waals surface area contributed by atoms with E-state index in [0.717, 1.165) is 35.6 Å². The summed E-state index contributed by atoms with van der Waals surface area (Å²) in [5.74, 6) is 1.57. The average molecular weight is 220 g/mol. The van der Waals surface area contributed by atoms with Crippen LogP contribution in [0.15, 0.2) is 22.6 Å². The van der Waals surface area contributed by atoms with Crippen LogP contribution in [0.1, 0.15) is 19.2 Å². The first-order valence-corrected chi connectivity index (χ1v) is 5.56. The maximum atomic E-state index is 5.58. The van der Waals surface area contributed by atoms with Crippen LogP contribution in [0.4, 0.5) is 0 Å². The van der Waals surface area contributed by atoms with Crippen LogP contribution < -0.4 is 10.5 Å². The molecule has 1 aromatic heterocycles. The molecule has 2 rings (SSSR count). The van der Waals surface area contributed by atoms with Crippen LogP contribution in [0, 0.1) is 0 Å². The maximum absolute atomic E-state index is 5.58. The van der Waals surface area contributed by atoms with Crippen LogP contribution in [0.5, 0.6) is 5.75 Å². The molecule has 0 fully saturated rings. The lowest BCUT2D eigenvalue weighted by Gasteiger charge is -2.00.